The van der Waals surface area contributed by atoms with Crippen LogP contribution in [0.4, 0.5) is 10.5 Å². The molecule has 0 saturated heterocycles. The molecule has 7 nitrogen and oxygen atoms in total. The molecular weight excluding hydrogens is 324 g/mol. The lowest BCUT2D eigenvalue weighted by Crippen LogP contribution is -2.30. The topological polar surface area (TPSA) is 85.9 Å². The summed E-state index contributed by atoms with van der Waals surface area (Å²) >= 11 is 6.00. The number of hydrogen-bond acceptors (Lipinski definition) is 5. The highest BCUT2D eigenvalue weighted by Crippen LogP contribution is 2.35. The predicted octanol–water partition coefficient (Wildman–Crippen LogP) is 2.82. The lowest BCUT2D eigenvalue weighted by atomic mass is 10.2. The van der Waals surface area contributed by atoms with Crippen molar-refractivity contribution in [1.29, 1.82) is 0 Å². The summed E-state index contributed by atoms with van der Waals surface area (Å²) in [7, 11) is 2.95. The van der Waals surface area contributed by atoms with Crippen molar-refractivity contribution in [3.8, 4) is 11.5 Å². The van der Waals surface area contributed by atoms with E-state index in [1.165, 1.54) is 14.2 Å². The summed E-state index contributed by atoms with van der Waals surface area (Å²) in [4.78, 5) is 23.0. The van der Waals surface area contributed by atoms with Crippen LogP contribution in [-0.2, 0) is 9.53 Å². The molecule has 1 aromatic carbocycles. The Morgan fingerprint density at radius 1 is 1.17 bits per heavy atom. The SMILES string of the molecule is CCOC(=O)CCCNC(=O)Nc1cc(OC)c(Cl)cc1OC. The van der Waals surface area contributed by atoms with Gasteiger partial charge in [0.1, 0.15) is 11.5 Å². The molecule has 0 aromatic heterocycles. The summed E-state index contributed by atoms with van der Waals surface area (Å²) in [6.07, 6.45) is 0.750. The van der Waals surface area contributed by atoms with Gasteiger partial charge < -0.3 is 24.8 Å². The highest BCUT2D eigenvalue weighted by molar-refractivity contribution is 6.32. The largest absolute Gasteiger partial charge is 0.495 e. The molecule has 0 saturated carbocycles. The zero-order valence-corrected chi connectivity index (χ0v) is 14.2. The molecule has 0 aliphatic heterocycles. The zero-order valence-electron chi connectivity index (χ0n) is 13.4. The minimum absolute atomic E-state index is 0.256. The van der Waals surface area contributed by atoms with Gasteiger partial charge in [0.15, 0.2) is 0 Å². The molecule has 1 aromatic rings. The summed E-state index contributed by atoms with van der Waals surface area (Å²) < 4.78 is 15.1. The molecule has 2 N–H and O–H groups in total. The van der Waals surface area contributed by atoms with Crippen molar-refractivity contribution in [3.05, 3.63) is 17.2 Å². The van der Waals surface area contributed by atoms with Crippen LogP contribution in [0, 0.1) is 0 Å². The fraction of sp³-hybridized carbons (Fsp3) is 0.467. The number of anilines is 1. The highest BCUT2D eigenvalue weighted by atomic mass is 35.5. The Labute approximate surface area is 140 Å². The van der Waals surface area contributed by atoms with Gasteiger partial charge in [0, 0.05) is 25.1 Å². The molecule has 0 radical (unpaired) electrons. The summed E-state index contributed by atoms with van der Waals surface area (Å²) in [6, 6.07) is 2.70. The first kappa shape index (κ1) is 18.9. The quantitative estimate of drug-likeness (QED) is 0.559. The summed E-state index contributed by atoms with van der Waals surface area (Å²) in [6.45, 7) is 2.44. The Morgan fingerprint density at radius 2 is 1.87 bits per heavy atom. The van der Waals surface area contributed by atoms with Gasteiger partial charge in [-0.25, -0.2) is 4.79 Å². The average Bonchev–Trinajstić information content (AvgIpc) is 2.53. The van der Waals surface area contributed by atoms with E-state index in [1.54, 1.807) is 19.1 Å². The first-order valence-corrected chi connectivity index (χ1v) is 7.51. The Balaban J connectivity index is 2.52. The molecule has 0 aliphatic rings. The van der Waals surface area contributed by atoms with E-state index < -0.39 is 6.03 Å². The zero-order chi connectivity index (χ0) is 17.2. The molecule has 0 atom stereocenters. The molecule has 0 bridgehead atoms. The number of esters is 1. The molecule has 0 fully saturated rings. The van der Waals surface area contributed by atoms with Gasteiger partial charge in [-0.1, -0.05) is 11.6 Å². The van der Waals surface area contributed by atoms with Gasteiger partial charge in [-0.2, -0.15) is 0 Å². The Kier molecular flexibility index (Phi) is 8.04. The monoisotopic (exact) mass is 344 g/mol. The number of carbonyl (C=O) groups is 2. The van der Waals surface area contributed by atoms with Gasteiger partial charge in [0.25, 0.3) is 0 Å². The first-order chi connectivity index (χ1) is 11.0. The van der Waals surface area contributed by atoms with Crippen LogP contribution in [0.2, 0.25) is 5.02 Å². The number of rotatable bonds is 8. The van der Waals surface area contributed by atoms with Gasteiger partial charge in [-0.05, 0) is 13.3 Å². The van der Waals surface area contributed by atoms with Gasteiger partial charge in [-0.15, -0.1) is 0 Å². The van der Waals surface area contributed by atoms with Gasteiger partial charge in [0.05, 0.1) is 31.5 Å². The van der Waals surface area contributed by atoms with Crippen LogP contribution in [-0.4, -0.2) is 39.4 Å². The maximum atomic E-state index is 11.9. The van der Waals surface area contributed by atoms with Gasteiger partial charge >= 0.3 is 12.0 Å². The van der Waals surface area contributed by atoms with Crippen molar-refractivity contribution in [1.82, 2.24) is 5.32 Å². The van der Waals surface area contributed by atoms with E-state index in [-0.39, 0.29) is 12.4 Å². The van der Waals surface area contributed by atoms with Crippen LogP contribution in [0.5, 0.6) is 11.5 Å². The van der Waals surface area contributed by atoms with E-state index >= 15 is 0 Å². The third kappa shape index (κ3) is 6.23. The van der Waals surface area contributed by atoms with Crippen LogP contribution in [0.25, 0.3) is 0 Å². The van der Waals surface area contributed by atoms with E-state index in [0.717, 1.165) is 0 Å². The second-order valence-corrected chi connectivity index (χ2v) is 4.88. The second kappa shape index (κ2) is 9.78. The molecule has 2 amide bonds. The number of amides is 2. The van der Waals surface area contributed by atoms with Crippen molar-refractivity contribution in [2.75, 3.05) is 32.7 Å². The summed E-state index contributed by atoms with van der Waals surface area (Å²) in [5, 5.41) is 5.67. The normalized spacial score (nSPS) is 9.91. The summed E-state index contributed by atoms with van der Waals surface area (Å²) in [5.74, 6) is 0.557. The minimum atomic E-state index is -0.420. The van der Waals surface area contributed by atoms with E-state index in [2.05, 4.69) is 10.6 Å². The van der Waals surface area contributed by atoms with E-state index in [9.17, 15) is 9.59 Å². The number of halogens is 1. The summed E-state index contributed by atoms with van der Waals surface area (Å²) in [5.41, 5.74) is 0.427. The number of urea groups is 1. The number of carbonyl (C=O) groups excluding carboxylic acids is 2. The van der Waals surface area contributed by atoms with Crippen molar-refractivity contribution < 1.29 is 23.8 Å². The minimum Gasteiger partial charge on any atom is -0.495 e. The number of benzene rings is 1. The molecule has 0 aliphatic carbocycles. The lowest BCUT2D eigenvalue weighted by Gasteiger charge is -2.13. The Morgan fingerprint density at radius 3 is 2.48 bits per heavy atom. The fourth-order valence-electron chi connectivity index (χ4n) is 1.79. The molecule has 8 heteroatoms. The first-order valence-electron chi connectivity index (χ1n) is 7.13. The molecule has 0 spiro atoms. The molecule has 0 unspecified atom stereocenters. The highest BCUT2D eigenvalue weighted by Gasteiger charge is 2.12. The third-order valence-electron chi connectivity index (χ3n) is 2.87. The Hall–Kier alpha value is -2.15. The molecule has 0 heterocycles. The van der Waals surface area contributed by atoms with Crippen LogP contribution in [0.1, 0.15) is 19.8 Å². The number of ether oxygens (including phenoxy) is 3. The number of hydrogen-bond donors (Lipinski definition) is 2. The number of nitrogens with one attached hydrogen (secondary N) is 2. The average molecular weight is 345 g/mol. The van der Waals surface area contributed by atoms with E-state index in [4.69, 9.17) is 25.8 Å². The maximum Gasteiger partial charge on any atom is 0.319 e. The number of methoxy groups -OCH3 is 2. The van der Waals surface area contributed by atoms with E-state index in [0.29, 0.717) is 41.8 Å². The molecular formula is C15H21ClN2O5. The maximum absolute atomic E-state index is 11.9. The van der Waals surface area contributed by atoms with Crippen molar-refractivity contribution in [2.24, 2.45) is 0 Å². The lowest BCUT2D eigenvalue weighted by molar-refractivity contribution is -0.143. The van der Waals surface area contributed by atoms with Crippen molar-refractivity contribution in [3.63, 3.8) is 0 Å². The van der Waals surface area contributed by atoms with Crippen LogP contribution in [0.3, 0.4) is 0 Å². The Bertz CT molecular complexity index is 551. The third-order valence-corrected chi connectivity index (χ3v) is 3.17. The second-order valence-electron chi connectivity index (χ2n) is 4.48. The molecule has 128 valence electrons. The fourth-order valence-corrected chi connectivity index (χ4v) is 2.02. The van der Waals surface area contributed by atoms with Crippen LogP contribution < -0.4 is 20.1 Å². The standard InChI is InChI=1S/C15H21ClN2O5/c1-4-23-14(19)6-5-7-17-15(20)18-11-9-12(21-2)10(16)8-13(11)22-3/h8-9H,4-7H2,1-3H3,(H2,17,18,20). The van der Waals surface area contributed by atoms with Crippen LogP contribution >= 0.6 is 11.6 Å². The van der Waals surface area contributed by atoms with Crippen molar-refractivity contribution in [2.45, 2.75) is 19.8 Å². The van der Waals surface area contributed by atoms with E-state index in [1.807, 2.05) is 0 Å². The predicted molar refractivity (Wildman–Crippen MR) is 87.4 cm³/mol. The molecule has 23 heavy (non-hydrogen) atoms. The van der Waals surface area contributed by atoms with Crippen molar-refractivity contribution >= 4 is 29.3 Å². The smallest absolute Gasteiger partial charge is 0.319 e. The van der Waals surface area contributed by atoms with Gasteiger partial charge in [0.2, 0.25) is 0 Å². The molecule has 1 rings (SSSR count). The van der Waals surface area contributed by atoms with Gasteiger partial charge in [-0.3, -0.25) is 4.79 Å². The van der Waals surface area contributed by atoms with Crippen LogP contribution in [0.15, 0.2) is 12.1 Å².